The number of hydrogen-bond donors (Lipinski definition) is 1. The van der Waals surface area contributed by atoms with Crippen molar-refractivity contribution in [3.63, 3.8) is 0 Å². The third-order valence-corrected chi connectivity index (χ3v) is 5.93. The summed E-state index contributed by atoms with van der Waals surface area (Å²) < 4.78 is 21.8. The molecule has 0 bridgehead atoms. The number of nitrogens with two attached hydrogens (primary N) is 1. The van der Waals surface area contributed by atoms with Gasteiger partial charge in [-0.3, -0.25) is 4.79 Å². The molecule has 6 nitrogen and oxygen atoms in total. The van der Waals surface area contributed by atoms with E-state index >= 15 is 0 Å². The van der Waals surface area contributed by atoms with Gasteiger partial charge in [0, 0.05) is 32.0 Å². The van der Waals surface area contributed by atoms with Crippen molar-refractivity contribution >= 4 is 5.91 Å². The fourth-order valence-corrected chi connectivity index (χ4v) is 4.37. The van der Waals surface area contributed by atoms with Crippen LogP contribution in [0.25, 0.3) is 11.3 Å². The Morgan fingerprint density at radius 2 is 1.89 bits per heavy atom. The molecule has 2 unspecified atom stereocenters. The largest absolute Gasteiger partial charge is 0.375 e. The quantitative estimate of drug-likeness (QED) is 0.454. The van der Waals surface area contributed by atoms with Crippen LogP contribution in [0.2, 0.25) is 0 Å². The summed E-state index contributed by atoms with van der Waals surface area (Å²) in [6, 6.07) is 17.7. The molecular weight excluding hydrogens is 443 g/mol. The maximum Gasteiger partial charge on any atom is 0.249 e. The van der Waals surface area contributed by atoms with Gasteiger partial charge in [-0.05, 0) is 17.9 Å². The zero-order chi connectivity index (χ0) is 25.6. The van der Waals surface area contributed by atoms with Crippen molar-refractivity contribution in [1.82, 2.24) is 14.5 Å². The Labute approximate surface area is 207 Å². The Bertz CT molecular complexity index is 1110. The molecule has 188 valence electrons. The van der Waals surface area contributed by atoms with Crippen LogP contribution in [0.1, 0.15) is 43.8 Å². The normalized spacial score (nSPS) is 13.5. The second-order valence-corrected chi connectivity index (χ2v) is 10.0. The molecule has 0 radical (unpaired) electrons. The number of hydrogen-bond acceptors (Lipinski definition) is 4. The minimum absolute atomic E-state index is 0.126. The van der Waals surface area contributed by atoms with Gasteiger partial charge in [0.25, 0.3) is 0 Å². The molecule has 2 N–H and O–H groups in total. The first kappa shape index (κ1) is 26.6. The Kier molecular flexibility index (Phi) is 8.81. The maximum absolute atomic E-state index is 14.6. The van der Waals surface area contributed by atoms with Crippen molar-refractivity contribution in [3.8, 4) is 11.3 Å². The second kappa shape index (κ2) is 11.6. The number of aromatic nitrogens is 2. The van der Waals surface area contributed by atoms with Gasteiger partial charge in [0.15, 0.2) is 0 Å². The summed E-state index contributed by atoms with van der Waals surface area (Å²) in [6.45, 7) is 8.31. The number of carbonyl (C=O) groups is 1. The van der Waals surface area contributed by atoms with Crippen molar-refractivity contribution in [1.29, 1.82) is 0 Å². The zero-order valence-electron chi connectivity index (χ0n) is 21.4. The third-order valence-electron chi connectivity index (χ3n) is 5.93. The summed E-state index contributed by atoms with van der Waals surface area (Å²) in [5.41, 5.74) is 9.23. The van der Waals surface area contributed by atoms with Crippen LogP contribution >= 0.6 is 0 Å². The molecule has 0 saturated heterocycles. The van der Waals surface area contributed by atoms with Crippen LogP contribution in [-0.4, -0.2) is 53.3 Å². The van der Waals surface area contributed by atoms with E-state index in [2.05, 4.69) is 29.7 Å². The van der Waals surface area contributed by atoms with Crippen molar-refractivity contribution in [2.24, 2.45) is 11.1 Å². The Hall–Kier alpha value is -3.03. The van der Waals surface area contributed by atoms with Gasteiger partial charge in [0.05, 0.1) is 18.3 Å². The van der Waals surface area contributed by atoms with E-state index in [1.165, 1.54) is 12.7 Å². The maximum atomic E-state index is 14.6. The molecule has 0 saturated carbocycles. The molecule has 1 amide bonds. The SMILES string of the molecule is COCC(=O)N(CC(F)CN)C(c1nc(-c2ccccc2)cn1Cc1cccc(C)c1)C(C)(C)C. The fraction of sp³-hybridized carbons (Fsp3) is 0.429. The smallest absolute Gasteiger partial charge is 0.249 e. The summed E-state index contributed by atoms with van der Waals surface area (Å²) in [5.74, 6) is 0.404. The lowest BCUT2D eigenvalue weighted by molar-refractivity contribution is -0.141. The molecule has 35 heavy (non-hydrogen) atoms. The van der Waals surface area contributed by atoms with Crippen LogP contribution in [0, 0.1) is 12.3 Å². The van der Waals surface area contributed by atoms with E-state index in [1.54, 1.807) is 4.90 Å². The number of methoxy groups -OCH3 is 1. The number of amides is 1. The Balaban J connectivity index is 2.17. The average molecular weight is 481 g/mol. The molecule has 0 aliphatic heterocycles. The number of imidazole rings is 1. The van der Waals surface area contributed by atoms with E-state index in [0.29, 0.717) is 12.4 Å². The van der Waals surface area contributed by atoms with Crippen LogP contribution in [0.3, 0.4) is 0 Å². The summed E-state index contributed by atoms with van der Waals surface area (Å²) in [6.07, 6.45) is 0.662. The highest BCUT2D eigenvalue weighted by molar-refractivity contribution is 5.78. The Morgan fingerprint density at radius 3 is 2.49 bits per heavy atom. The zero-order valence-corrected chi connectivity index (χ0v) is 21.4. The number of ether oxygens (including phenoxy) is 1. The van der Waals surface area contributed by atoms with E-state index in [9.17, 15) is 9.18 Å². The van der Waals surface area contributed by atoms with Gasteiger partial charge >= 0.3 is 0 Å². The lowest BCUT2D eigenvalue weighted by atomic mass is 9.84. The van der Waals surface area contributed by atoms with Gasteiger partial charge in [0.1, 0.15) is 18.6 Å². The van der Waals surface area contributed by atoms with Crippen LogP contribution in [0.4, 0.5) is 4.39 Å². The van der Waals surface area contributed by atoms with E-state index in [4.69, 9.17) is 15.5 Å². The monoisotopic (exact) mass is 480 g/mol. The minimum Gasteiger partial charge on any atom is -0.375 e. The highest BCUT2D eigenvalue weighted by Crippen LogP contribution is 2.39. The number of carbonyl (C=O) groups excluding carboxylic acids is 1. The highest BCUT2D eigenvalue weighted by atomic mass is 19.1. The van der Waals surface area contributed by atoms with Gasteiger partial charge < -0.3 is 19.9 Å². The summed E-state index contributed by atoms with van der Waals surface area (Å²) in [5, 5.41) is 0. The van der Waals surface area contributed by atoms with Crippen molar-refractivity contribution < 1.29 is 13.9 Å². The molecule has 3 aromatic rings. The van der Waals surface area contributed by atoms with Crippen molar-refractivity contribution in [2.45, 2.75) is 46.5 Å². The lowest BCUT2D eigenvalue weighted by Gasteiger charge is -2.40. The number of aryl methyl sites for hydroxylation is 1. The number of alkyl halides is 1. The first-order valence-corrected chi connectivity index (χ1v) is 11.9. The highest BCUT2D eigenvalue weighted by Gasteiger charge is 2.39. The van der Waals surface area contributed by atoms with Crippen LogP contribution in [0.5, 0.6) is 0 Å². The summed E-state index contributed by atoms with van der Waals surface area (Å²) in [4.78, 5) is 19.8. The number of rotatable bonds is 10. The molecule has 0 spiro atoms. The molecule has 1 heterocycles. The fourth-order valence-electron chi connectivity index (χ4n) is 4.37. The molecule has 0 aliphatic rings. The number of benzene rings is 2. The lowest BCUT2D eigenvalue weighted by Crippen LogP contribution is -2.47. The van der Waals surface area contributed by atoms with Gasteiger partial charge in [-0.2, -0.15) is 0 Å². The summed E-state index contributed by atoms with van der Waals surface area (Å²) in [7, 11) is 1.46. The second-order valence-electron chi connectivity index (χ2n) is 10.0. The van der Waals surface area contributed by atoms with Crippen LogP contribution in [0.15, 0.2) is 60.8 Å². The topological polar surface area (TPSA) is 73.4 Å². The Morgan fingerprint density at radius 1 is 1.17 bits per heavy atom. The van der Waals surface area contributed by atoms with E-state index in [-0.39, 0.29) is 25.6 Å². The van der Waals surface area contributed by atoms with Crippen LogP contribution in [-0.2, 0) is 16.1 Å². The van der Waals surface area contributed by atoms with E-state index in [1.807, 2.05) is 63.4 Å². The first-order valence-electron chi connectivity index (χ1n) is 11.9. The predicted octanol–water partition coefficient (Wildman–Crippen LogP) is 4.77. The number of halogens is 1. The molecule has 1 aromatic heterocycles. The molecular formula is C28H37FN4O2. The van der Waals surface area contributed by atoms with Crippen molar-refractivity contribution in [2.75, 3.05) is 26.8 Å². The molecule has 2 atom stereocenters. The molecule has 0 fully saturated rings. The van der Waals surface area contributed by atoms with Gasteiger partial charge in [0.2, 0.25) is 5.91 Å². The number of nitrogens with zero attached hydrogens (tertiary/aromatic N) is 3. The molecule has 0 aliphatic carbocycles. The molecule has 3 rings (SSSR count). The van der Waals surface area contributed by atoms with Gasteiger partial charge in [-0.1, -0.05) is 80.9 Å². The standard InChI is InChI=1S/C28H37FN4O2/c1-20-10-9-11-21(14-20)16-32-18-24(22-12-7-6-8-13-22)31-27(32)26(28(2,3)4)33(17-23(29)15-30)25(34)19-35-5/h6-14,18,23,26H,15-17,19,30H2,1-5H3. The first-order chi connectivity index (χ1) is 16.6. The van der Waals surface area contributed by atoms with Crippen LogP contribution < -0.4 is 5.73 Å². The van der Waals surface area contributed by atoms with Crippen molar-refractivity contribution in [3.05, 3.63) is 77.7 Å². The van der Waals surface area contributed by atoms with E-state index in [0.717, 1.165) is 16.8 Å². The van der Waals surface area contributed by atoms with Gasteiger partial charge in [-0.25, -0.2) is 9.37 Å². The minimum atomic E-state index is -1.35. The molecule has 7 heteroatoms. The van der Waals surface area contributed by atoms with Gasteiger partial charge in [-0.15, -0.1) is 0 Å². The summed E-state index contributed by atoms with van der Waals surface area (Å²) >= 11 is 0. The predicted molar refractivity (Wildman–Crippen MR) is 138 cm³/mol. The average Bonchev–Trinajstić information content (AvgIpc) is 3.21. The van der Waals surface area contributed by atoms with E-state index < -0.39 is 17.6 Å². The molecule has 2 aromatic carbocycles. The third kappa shape index (κ3) is 6.77.